The molecular formula is C14H32N2O. The zero-order valence-electron chi connectivity index (χ0n) is 12.5. The van der Waals surface area contributed by atoms with Crippen molar-refractivity contribution in [1.82, 2.24) is 10.2 Å². The Morgan fingerprint density at radius 1 is 1.18 bits per heavy atom. The van der Waals surface area contributed by atoms with E-state index in [2.05, 4.69) is 44.8 Å². The van der Waals surface area contributed by atoms with Crippen molar-refractivity contribution in [1.29, 1.82) is 0 Å². The number of nitrogens with one attached hydrogen (secondary N) is 1. The minimum Gasteiger partial charge on any atom is -0.380 e. The van der Waals surface area contributed by atoms with Crippen LogP contribution in [0.2, 0.25) is 0 Å². The van der Waals surface area contributed by atoms with E-state index in [1.807, 2.05) is 0 Å². The molecule has 0 aliphatic rings. The first-order valence-corrected chi connectivity index (χ1v) is 7.16. The van der Waals surface area contributed by atoms with E-state index >= 15 is 0 Å². The topological polar surface area (TPSA) is 24.5 Å². The Balaban J connectivity index is 3.64. The average molecular weight is 244 g/mol. The average Bonchev–Trinajstić information content (AvgIpc) is 2.30. The summed E-state index contributed by atoms with van der Waals surface area (Å²) in [6.07, 6.45) is 2.52. The molecule has 3 heteroatoms. The van der Waals surface area contributed by atoms with Crippen molar-refractivity contribution in [3.05, 3.63) is 0 Å². The molecule has 0 saturated carbocycles. The van der Waals surface area contributed by atoms with Crippen molar-refractivity contribution in [3.8, 4) is 0 Å². The smallest absolute Gasteiger partial charge is 0.0593 e. The molecule has 0 rings (SSSR count). The first-order chi connectivity index (χ1) is 8.11. The Labute approximate surface area is 108 Å². The lowest BCUT2D eigenvalue weighted by Gasteiger charge is -2.27. The standard InChI is InChI=1S/C14H32N2O/c1-6-16(11-12-17-7-2)14(5)9-8-10-15-13(3)4/h13-15H,6-12H2,1-5H3. The summed E-state index contributed by atoms with van der Waals surface area (Å²) in [4.78, 5) is 2.50. The van der Waals surface area contributed by atoms with Crippen LogP contribution in [0, 0.1) is 0 Å². The van der Waals surface area contributed by atoms with E-state index < -0.39 is 0 Å². The third-order valence-corrected chi connectivity index (χ3v) is 3.11. The molecule has 104 valence electrons. The molecule has 0 aromatic carbocycles. The second kappa shape index (κ2) is 11.0. The van der Waals surface area contributed by atoms with Gasteiger partial charge in [-0.05, 0) is 39.8 Å². The van der Waals surface area contributed by atoms with E-state index in [0.29, 0.717) is 12.1 Å². The normalized spacial score (nSPS) is 13.6. The van der Waals surface area contributed by atoms with Crippen molar-refractivity contribution < 1.29 is 4.74 Å². The van der Waals surface area contributed by atoms with Gasteiger partial charge in [0.05, 0.1) is 6.61 Å². The van der Waals surface area contributed by atoms with Gasteiger partial charge in [-0.25, -0.2) is 0 Å². The van der Waals surface area contributed by atoms with Gasteiger partial charge in [0.1, 0.15) is 0 Å². The monoisotopic (exact) mass is 244 g/mol. The SMILES string of the molecule is CCOCCN(CC)C(C)CCCNC(C)C. The molecule has 0 fully saturated rings. The molecule has 0 aromatic heterocycles. The number of ether oxygens (including phenoxy) is 1. The van der Waals surface area contributed by atoms with Crippen LogP contribution in [-0.2, 0) is 4.74 Å². The highest BCUT2D eigenvalue weighted by atomic mass is 16.5. The van der Waals surface area contributed by atoms with Crippen LogP contribution in [0.25, 0.3) is 0 Å². The maximum absolute atomic E-state index is 5.42. The molecule has 0 aromatic rings. The predicted octanol–water partition coefficient (Wildman–Crippen LogP) is 2.51. The second-order valence-corrected chi connectivity index (χ2v) is 4.93. The Kier molecular flexibility index (Phi) is 10.9. The third-order valence-electron chi connectivity index (χ3n) is 3.11. The lowest BCUT2D eigenvalue weighted by atomic mass is 10.1. The van der Waals surface area contributed by atoms with E-state index in [-0.39, 0.29) is 0 Å². The molecule has 1 unspecified atom stereocenters. The van der Waals surface area contributed by atoms with Crippen LogP contribution in [-0.4, -0.2) is 49.8 Å². The molecule has 0 aliphatic carbocycles. The molecule has 0 saturated heterocycles. The van der Waals surface area contributed by atoms with Gasteiger partial charge in [-0.2, -0.15) is 0 Å². The maximum Gasteiger partial charge on any atom is 0.0593 e. The highest BCUT2D eigenvalue weighted by Crippen LogP contribution is 2.05. The van der Waals surface area contributed by atoms with E-state index in [0.717, 1.165) is 32.8 Å². The summed E-state index contributed by atoms with van der Waals surface area (Å²) in [6, 6.07) is 1.26. The van der Waals surface area contributed by atoms with Crippen LogP contribution in [0.3, 0.4) is 0 Å². The van der Waals surface area contributed by atoms with Crippen molar-refractivity contribution in [2.45, 2.75) is 59.5 Å². The summed E-state index contributed by atoms with van der Waals surface area (Å²) < 4.78 is 5.42. The van der Waals surface area contributed by atoms with Gasteiger partial charge >= 0.3 is 0 Å². The molecule has 3 nitrogen and oxygen atoms in total. The lowest BCUT2D eigenvalue weighted by molar-refractivity contribution is 0.0977. The van der Waals surface area contributed by atoms with Crippen LogP contribution in [0.5, 0.6) is 0 Å². The van der Waals surface area contributed by atoms with Crippen LogP contribution >= 0.6 is 0 Å². The molecule has 1 atom stereocenters. The number of nitrogens with zero attached hydrogens (tertiary/aromatic N) is 1. The van der Waals surface area contributed by atoms with Gasteiger partial charge in [0, 0.05) is 25.2 Å². The molecule has 0 bridgehead atoms. The summed E-state index contributed by atoms with van der Waals surface area (Å²) in [5.41, 5.74) is 0. The quantitative estimate of drug-likeness (QED) is 0.565. The predicted molar refractivity (Wildman–Crippen MR) is 75.6 cm³/mol. The van der Waals surface area contributed by atoms with Crippen LogP contribution in [0.1, 0.15) is 47.5 Å². The summed E-state index contributed by atoms with van der Waals surface area (Å²) >= 11 is 0. The summed E-state index contributed by atoms with van der Waals surface area (Å²) in [7, 11) is 0. The summed E-state index contributed by atoms with van der Waals surface area (Å²) in [5.74, 6) is 0. The summed E-state index contributed by atoms with van der Waals surface area (Å²) in [6.45, 7) is 16.0. The molecule has 0 amide bonds. The van der Waals surface area contributed by atoms with Crippen molar-refractivity contribution in [3.63, 3.8) is 0 Å². The fraction of sp³-hybridized carbons (Fsp3) is 1.00. The number of hydrogen-bond donors (Lipinski definition) is 1. The fourth-order valence-electron chi connectivity index (χ4n) is 1.99. The Morgan fingerprint density at radius 2 is 1.88 bits per heavy atom. The van der Waals surface area contributed by atoms with Crippen LogP contribution in [0.15, 0.2) is 0 Å². The highest BCUT2D eigenvalue weighted by Gasteiger charge is 2.11. The zero-order chi connectivity index (χ0) is 13.1. The van der Waals surface area contributed by atoms with Crippen molar-refractivity contribution in [2.75, 3.05) is 32.8 Å². The van der Waals surface area contributed by atoms with E-state index in [9.17, 15) is 0 Å². The Morgan fingerprint density at radius 3 is 2.41 bits per heavy atom. The van der Waals surface area contributed by atoms with Crippen molar-refractivity contribution >= 4 is 0 Å². The molecule has 1 N–H and O–H groups in total. The van der Waals surface area contributed by atoms with Gasteiger partial charge in [0.2, 0.25) is 0 Å². The molecular weight excluding hydrogens is 212 g/mol. The van der Waals surface area contributed by atoms with Gasteiger partial charge in [-0.1, -0.05) is 20.8 Å². The van der Waals surface area contributed by atoms with Gasteiger partial charge < -0.3 is 10.1 Å². The Hall–Kier alpha value is -0.120. The van der Waals surface area contributed by atoms with E-state index in [1.165, 1.54) is 12.8 Å². The largest absolute Gasteiger partial charge is 0.380 e. The summed E-state index contributed by atoms with van der Waals surface area (Å²) in [5, 5.41) is 3.47. The molecule has 0 heterocycles. The van der Waals surface area contributed by atoms with Crippen LogP contribution < -0.4 is 5.32 Å². The van der Waals surface area contributed by atoms with Gasteiger partial charge in [0.15, 0.2) is 0 Å². The Bertz CT molecular complexity index is 162. The highest BCUT2D eigenvalue weighted by molar-refractivity contribution is 4.67. The molecule has 0 aliphatic heterocycles. The van der Waals surface area contributed by atoms with Crippen molar-refractivity contribution in [2.24, 2.45) is 0 Å². The van der Waals surface area contributed by atoms with Gasteiger partial charge in [-0.3, -0.25) is 4.90 Å². The first kappa shape index (κ1) is 16.9. The second-order valence-electron chi connectivity index (χ2n) is 4.93. The van der Waals surface area contributed by atoms with Crippen LogP contribution in [0.4, 0.5) is 0 Å². The van der Waals surface area contributed by atoms with Gasteiger partial charge in [-0.15, -0.1) is 0 Å². The molecule has 17 heavy (non-hydrogen) atoms. The van der Waals surface area contributed by atoms with E-state index in [4.69, 9.17) is 4.74 Å². The molecule has 0 radical (unpaired) electrons. The van der Waals surface area contributed by atoms with E-state index in [1.54, 1.807) is 0 Å². The number of rotatable bonds is 11. The minimum atomic E-state index is 0.602. The number of likely N-dealkylation sites (N-methyl/N-ethyl adjacent to an activating group) is 1. The minimum absolute atomic E-state index is 0.602. The lowest BCUT2D eigenvalue weighted by Crippen LogP contribution is -2.36. The molecule has 0 spiro atoms. The third kappa shape index (κ3) is 9.57. The first-order valence-electron chi connectivity index (χ1n) is 7.16. The number of hydrogen-bond acceptors (Lipinski definition) is 3. The van der Waals surface area contributed by atoms with Gasteiger partial charge in [0.25, 0.3) is 0 Å². The zero-order valence-corrected chi connectivity index (χ0v) is 12.5. The maximum atomic E-state index is 5.42. The fourth-order valence-corrected chi connectivity index (χ4v) is 1.99.